The van der Waals surface area contributed by atoms with Gasteiger partial charge >= 0.3 is 0 Å². The Morgan fingerprint density at radius 1 is 0.868 bits per heavy atom. The van der Waals surface area contributed by atoms with Crippen LogP contribution in [-0.4, -0.2) is 37.7 Å². The molecule has 4 aromatic rings. The molecule has 1 atom stereocenters. The van der Waals surface area contributed by atoms with Crippen molar-refractivity contribution in [3.05, 3.63) is 125 Å². The van der Waals surface area contributed by atoms with E-state index < -0.39 is 32.8 Å². The van der Waals surface area contributed by atoms with Crippen LogP contribution < -0.4 is 10.2 Å². The lowest BCUT2D eigenvalue weighted by Gasteiger charge is -2.19. The standard InChI is InChI=1S/C29H23N3O5S/c1-19-8-14-23(15-9-19)38(36,37)26(21-5-4-16-30-17-21)18-31-27(33)20-10-12-22(13-11-20)32-28(34)24-6-2-3-7-25(24)29(32)35/h2-17,26H,18H2,1H3,(H,31,33). The highest BCUT2D eigenvalue weighted by atomic mass is 32.2. The third-order valence-electron chi connectivity index (χ3n) is 6.41. The molecule has 5 rings (SSSR count). The molecule has 9 heteroatoms. The molecule has 8 nitrogen and oxygen atoms in total. The van der Waals surface area contributed by atoms with Crippen molar-refractivity contribution in [1.29, 1.82) is 0 Å². The van der Waals surface area contributed by atoms with E-state index in [1.165, 1.54) is 30.5 Å². The zero-order chi connectivity index (χ0) is 26.9. The molecule has 0 fully saturated rings. The SMILES string of the molecule is Cc1ccc(S(=O)(=O)C(CNC(=O)c2ccc(N3C(=O)c4ccccc4C3=O)cc2)c2cccnc2)cc1. The number of carbonyl (C=O) groups is 3. The molecule has 1 unspecified atom stereocenters. The summed E-state index contributed by atoms with van der Waals surface area (Å²) in [5.74, 6) is -1.35. The zero-order valence-corrected chi connectivity index (χ0v) is 21.2. The van der Waals surface area contributed by atoms with Crippen molar-refractivity contribution in [3.63, 3.8) is 0 Å². The number of anilines is 1. The fraction of sp³-hybridized carbons (Fsp3) is 0.103. The number of carbonyl (C=O) groups excluding carboxylic acids is 3. The zero-order valence-electron chi connectivity index (χ0n) is 20.4. The van der Waals surface area contributed by atoms with E-state index in [4.69, 9.17) is 0 Å². The van der Waals surface area contributed by atoms with Crippen LogP contribution in [0, 0.1) is 6.92 Å². The van der Waals surface area contributed by atoms with E-state index in [1.54, 1.807) is 66.9 Å². The number of rotatable bonds is 7. The van der Waals surface area contributed by atoms with Gasteiger partial charge in [-0.1, -0.05) is 35.9 Å². The number of sulfone groups is 1. The summed E-state index contributed by atoms with van der Waals surface area (Å²) >= 11 is 0. The number of nitrogens with one attached hydrogen (secondary N) is 1. The number of aryl methyl sites for hydroxylation is 1. The minimum absolute atomic E-state index is 0.150. The van der Waals surface area contributed by atoms with Crippen LogP contribution in [0.15, 0.2) is 102 Å². The van der Waals surface area contributed by atoms with Crippen molar-refractivity contribution in [3.8, 4) is 0 Å². The lowest BCUT2D eigenvalue weighted by molar-refractivity contribution is 0.0923. The molecule has 0 spiro atoms. The number of aromatic nitrogens is 1. The van der Waals surface area contributed by atoms with E-state index in [0.717, 1.165) is 10.5 Å². The Morgan fingerprint density at radius 2 is 1.50 bits per heavy atom. The first-order chi connectivity index (χ1) is 18.3. The van der Waals surface area contributed by atoms with Crippen LogP contribution in [0.5, 0.6) is 0 Å². The summed E-state index contributed by atoms with van der Waals surface area (Å²) < 4.78 is 27.0. The second-order valence-corrected chi connectivity index (χ2v) is 11.0. The van der Waals surface area contributed by atoms with Crippen molar-refractivity contribution >= 4 is 33.2 Å². The molecule has 0 saturated heterocycles. The second-order valence-electron chi connectivity index (χ2n) is 8.88. The minimum atomic E-state index is -3.84. The molecule has 0 aliphatic carbocycles. The Balaban J connectivity index is 1.34. The van der Waals surface area contributed by atoms with Crippen molar-refractivity contribution in [2.24, 2.45) is 0 Å². The first-order valence-electron chi connectivity index (χ1n) is 11.8. The van der Waals surface area contributed by atoms with E-state index in [1.807, 2.05) is 6.92 Å². The molecule has 0 radical (unpaired) electrons. The number of hydrogen-bond donors (Lipinski definition) is 1. The molecule has 1 N–H and O–H groups in total. The molecule has 190 valence electrons. The number of hydrogen-bond acceptors (Lipinski definition) is 6. The number of nitrogens with zero attached hydrogens (tertiary/aromatic N) is 2. The highest BCUT2D eigenvalue weighted by Crippen LogP contribution is 2.30. The van der Waals surface area contributed by atoms with Gasteiger partial charge in [0.1, 0.15) is 5.25 Å². The Morgan fingerprint density at radius 3 is 2.08 bits per heavy atom. The van der Waals surface area contributed by atoms with Gasteiger partial charge in [-0.25, -0.2) is 13.3 Å². The summed E-state index contributed by atoms with van der Waals surface area (Å²) in [7, 11) is -3.84. The molecule has 1 aliphatic rings. The molecule has 3 aromatic carbocycles. The molecular formula is C29H23N3O5S. The van der Waals surface area contributed by atoms with Crippen LogP contribution in [0.2, 0.25) is 0 Å². The number of imide groups is 1. The lowest BCUT2D eigenvalue weighted by atomic mass is 10.1. The predicted molar refractivity (Wildman–Crippen MR) is 142 cm³/mol. The Labute approximate surface area is 219 Å². The molecule has 3 amide bonds. The van der Waals surface area contributed by atoms with Crippen molar-refractivity contribution < 1.29 is 22.8 Å². The second kappa shape index (κ2) is 10.0. The third-order valence-corrected chi connectivity index (χ3v) is 8.53. The summed E-state index contributed by atoms with van der Waals surface area (Å²) in [6, 6.07) is 22.4. The topological polar surface area (TPSA) is 114 Å². The number of pyridine rings is 1. The third kappa shape index (κ3) is 4.59. The van der Waals surface area contributed by atoms with Crippen molar-refractivity contribution in [2.45, 2.75) is 17.1 Å². The summed E-state index contributed by atoms with van der Waals surface area (Å²) in [6.45, 7) is 1.69. The van der Waals surface area contributed by atoms with Crippen molar-refractivity contribution in [1.82, 2.24) is 10.3 Å². The number of amides is 3. The van der Waals surface area contributed by atoms with Gasteiger partial charge in [0, 0.05) is 24.5 Å². The first kappa shape index (κ1) is 25.0. The van der Waals surface area contributed by atoms with Crippen LogP contribution in [-0.2, 0) is 9.84 Å². The summed E-state index contributed by atoms with van der Waals surface area (Å²) in [5.41, 5.74) is 2.63. The van der Waals surface area contributed by atoms with Gasteiger partial charge < -0.3 is 5.32 Å². The molecule has 38 heavy (non-hydrogen) atoms. The average molecular weight is 526 g/mol. The van der Waals surface area contributed by atoms with Crippen LogP contribution in [0.1, 0.15) is 47.5 Å². The van der Waals surface area contributed by atoms with Crippen LogP contribution in [0.4, 0.5) is 5.69 Å². The lowest BCUT2D eigenvalue weighted by Crippen LogP contribution is -2.32. The van der Waals surface area contributed by atoms with Crippen molar-refractivity contribution in [2.75, 3.05) is 11.4 Å². The van der Waals surface area contributed by atoms with Gasteiger partial charge in [-0.05, 0) is 67.1 Å². The van der Waals surface area contributed by atoms with E-state index in [9.17, 15) is 22.8 Å². The number of fused-ring (bicyclic) bond motifs is 1. The van der Waals surface area contributed by atoms with E-state index in [0.29, 0.717) is 22.4 Å². The highest BCUT2D eigenvalue weighted by molar-refractivity contribution is 7.91. The van der Waals surface area contributed by atoms with Gasteiger partial charge in [-0.3, -0.25) is 19.4 Å². The van der Waals surface area contributed by atoms with Gasteiger partial charge in [-0.15, -0.1) is 0 Å². The Kier molecular flexibility index (Phi) is 6.61. The molecule has 1 aromatic heterocycles. The molecular weight excluding hydrogens is 502 g/mol. The van der Waals surface area contributed by atoms with Gasteiger partial charge in [-0.2, -0.15) is 0 Å². The normalized spacial score (nSPS) is 13.8. The maximum Gasteiger partial charge on any atom is 0.266 e. The Hall–Kier alpha value is -4.63. The van der Waals surface area contributed by atoms with Gasteiger partial charge in [0.05, 0.1) is 21.7 Å². The maximum absolute atomic E-state index is 13.5. The summed E-state index contributed by atoms with van der Waals surface area (Å²) in [6.07, 6.45) is 3.02. The largest absolute Gasteiger partial charge is 0.350 e. The highest BCUT2D eigenvalue weighted by Gasteiger charge is 2.36. The van der Waals surface area contributed by atoms with E-state index in [-0.39, 0.29) is 17.0 Å². The smallest absolute Gasteiger partial charge is 0.266 e. The molecule has 1 aliphatic heterocycles. The first-order valence-corrected chi connectivity index (χ1v) is 13.4. The summed E-state index contributed by atoms with van der Waals surface area (Å²) in [5, 5.41) is 1.66. The molecule has 0 saturated carbocycles. The van der Waals surface area contributed by atoms with Gasteiger partial charge in [0.15, 0.2) is 9.84 Å². The fourth-order valence-corrected chi connectivity index (χ4v) is 5.98. The van der Waals surface area contributed by atoms with E-state index >= 15 is 0 Å². The molecule has 0 bridgehead atoms. The van der Waals surface area contributed by atoms with Crippen LogP contribution in [0.25, 0.3) is 0 Å². The maximum atomic E-state index is 13.5. The van der Waals surface area contributed by atoms with Crippen LogP contribution >= 0.6 is 0 Å². The molecule has 2 heterocycles. The van der Waals surface area contributed by atoms with Crippen LogP contribution in [0.3, 0.4) is 0 Å². The monoisotopic (exact) mass is 525 g/mol. The number of benzene rings is 3. The fourth-order valence-electron chi connectivity index (χ4n) is 4.34. The predicted octanol–water partition coefficient (Wildman–Crippen LogP) is 4.14. The van der Waals surface area contributed by atoms with Gasteiger partial charge in [0.2, 0.25) is 0 Å². The Bertz CT molecular complexity index is 1600. The summed E-state index contributed by atoms with van der Waals surface area (Å²) in [4.78, 5) is 43.7. The van der Waals surface area contributed by atoms with E-state index in [2.05, 4.69) is 10.3 Å². The van der Waals surface area contributed by atoms with Gasteiger partial charge in [0.25, 0.3) is 17.7 Å². The quantitative estimate of drug-likeness (QED) is 0.363. The minimum Gasteiger partial charge on any atom is -0.350 e. The average Bonchev–Trinajstić information content (AvgIpc) is 3.19.